The molecule has 1 aliphatic heterocycles. The van der Waals surface area contributed by atoms with Crippen LogP contribution in [-0.2, 0) is 0 Å². The number of para-hydroxylation sites is 2. The molecule has 0 aliphatic carbocycles. The van der Waals surface area contributed by atoms with E-state index >= 15 is 0 Å². The summed E-state index contributed by atoms with van der Waals surface area (Å²) < 4.78 is 12.7. The average molecular weight is 644 g/mol. The highest BCUT2D eigenvalue weighted by Crippen LogP contribution is 2.39. The number of nitrogens with zero attached hydrogens (tertiary/aromatic N) is 2. The SMILES string of the molecule is c1ccc(-c2ccc(-c3ccc4oc5ccccc5c4c3C3=NC(c4ccccc4)NC(c4ccc5c(c4)oc4ccccc45)=N3)cc2)cc1. The second kappa shape index (κ2) is 11.5. The fraction of sp³-hybridized carbons (Fsp3) is 0.0222. The van der Waals surface area contributed by atoms with Crippen molar-refractivity contribution in [2.45, 2.75) is 6.17 Å². The van der Waals surface area contributed by atoms with Gasteiger partial charge in [0.25, 0.3) is 0 Å². The van der Waals surface area contributed by atoms with Gasteiger partial charge in [0.2, 0.25) is 0 Å². The molecule has 1 unspecified atom stereocenters. The molecule has 5 heteroatoms. The van der Waals surface area contributed by atoms with E-state index in [-0.39, 0.29) is 6.17 Å². The molecule has 9 aromatic rings. The summed E-state index contributed by atoms with van der Waals surface area (Å²) in [5.74, 6) is 1.36. The van der Waals surface area contributed by atoms with Crippen molar-refractivity contribution in [3.05, 3.63) is 180 Å². The fourth-order valence-electron chi connectivity index (χ4n) is 7.15. The molecule has 5 nitrogen and oxygen atoms in total. The number of aliphatic imine (C=N–C) groups is 2. The van der Waals surface area contributed by atoms with Crippen molar-refractivity contribution in [2.24, 2.45) is 9.98 Å². The minimum Gasteiger partial charge on any atom is -0.456 e. The lowest BCUT2D eigenvalue weighted by Crippen LogP contribution is -2.33. The van der Waals surface area contributed by atoms with Crippen molar-refractivity contribution in [2.75, 3.05) is 0 Å². The highest BCUT2D eigenvalue weighted by atomic mass is 16.3. The molecule has 0 saturated carbocycles. The third kappa shape index (κ3) is 4.71. The van der Waals surface area contributed by atoms with E-state index in [9.17, 15) is 0 Å². The van der Waals surface area contributed by atoms with E-state index in [0.29, 0.717) is 5.84 Å². The Hall–Kier alpha value is -6.72. The van der Waals surface area contributed by atoms with Gasteiger partial charge in [0.15, 0.2) is 5.84 Å². The maximum absolute atomic E-state index is 6.42. The number of nitrogens with one attached hydrogen (secondary N) is 1. The molecule has 0 amide bonds. The van der Waals surface area contributed by atoms with Crippen molar-refractivity contribution < 1.29 is 8.83 Å². The van der Waals surface area contributed by atoms with Crippen LogP contribution in [0.25, 0.3) is 66.1 Å². The highest BCUT2D eigenvalue weighted by molar-refractivity contribution is 6.25. The number of benzene rings is 7. The minimum absolute atomic E-state index is 0.369. The molecule has 2 aromatic heterocycles. The molecule has 236 valence electrons. The Morgan fingerprint density at radius 1 is 0.460 bits per heavy atom. The summed E-state index contributed by atoms with van der Waals surface area (Å²) in [6, 6.07) is 56.3. The van der Waals surface area contributed by atoms with Gasteiger partial charge in [-0.25, -0.2) is 9.98 Å². The first-order valence-corrected chi connectivity index (χ1v) is 16.8. The second-order valence-electron chi connectivity index (χ2n) is 12.6. The lowest BCUT2D eigenvalue weighted by Gasteiger charge is -2.24. The summed E-state index contributed by atoms with van der Waals surface area (Å²) in [4.78, 5) is 10.7. The highest BCUT2D eigenvalue weighted by Gasteiger charge is 2.26. The Morgan fingerprint density at radius 3 is 1.86 bits per heavy atom. The number of fused-ring (bicyclic) bond motifs is 6. The smallest absolute Gasteiger partial charge is 0.160 e. The van der Waals surface area contributed by atoms with Gasteiger partial charge in [-0.15, -0.1) is 0 Å². The second-order valence-corrected chi connectivity index (χ2v) is 12.6. The molecule has 0 bridgehead atoms. The van der Waals surface area contributed by atoms with E-state index in [4.69, 9.17) is 18.8 Å². The zero-order valence-corrected chi connectivity index (χ0v) is 26.9. The number of furan rings is 2. The molecule has 50 heavy (non-hydrogen) atoms. The normalized spacial score (nSPS) is 14.6. The number of hydrogen-bond donors (Lipinski definition) is 1. The molecule has 0 fully saturated rings. The lowest BCUT2D eigenvalue weighted by atomic mass is 9.93. The molecule has 10 rings (SSSR count). The number of rotatable bonds is 5. The fourth-order valence-corrected chi connectivity index (χ4v) is 7.15. The van der Waals surface area contributed by atoms with E-state index in [0.717, 1.165) is 83.1 Å². The van der Waals surface area contributed by atoms with Gasteiger partial charge < -0.3 is 14.2 Å². The van der Waals surface area contributed by atoms with Crippen LogP contribution in [0.15, 0.2) is 183 Å². The van der Waals surface area contributed by atoms with E-state index < -0.39 is 0 Å². The predicted molar refractivity (Wildman–Crippen MR) is 204 cm³/mol. The lowest BCUT2D eigenvalue weighted by molar-refractivity contribution is 0.666. The molecule has 3 heterocycles. The monoisotopic (exact) mass is 643 g/mol. The predicted octanol–water partition coefficient (Wildman–Crippen LogP) is 11.3. The zero-order chi connectivity index (χ0) is 33.0. The van der Waals surface area contributed by atoms with Gasteiger partial charge in [-0.05, 0) is 64.2 Å². The van der Waals surface area contributed by atoms with Crippen molar-refractivity contribution in [3.8, 4) is 22.3 Å². The molecular weight excluding hydrogens is 615 g/mol. The van der Waals surface area contributed by atoms with Gasteiger partial charge in [0.1, 0.15) is 34.3 Å². The Labute approximate surface area is 287 Å². The van der Waals surface area contributed by atoms with Crippen molar-refractivity contribution >= 4 is 55.5 Å². The topological polar surface area (TPSA) is 63.0 Å². The van der Waals surface area contributed by atoms with Gasteiger partial charge >= 0.3 is 0 Å². The Balaban J connectivity index is 1.20. The maximum Gasteiger partial charge on any atom is 0.160 e. The summed E-state index contributed by atoms with van der Waals surface area (Å²) in [6.45, 7) is 0. The summed E-state index contributed by atoms with van der Waals surface area (Å²) in [5.41, 5.74) is 10.7. The van der Waals surface area contributed by atoms with Gasteiger partial charge in [0, 0.05) is 32.7 Å². The number of amidine groups is 2. The van der Waals surface area contributed by atoms with Crippen molar-refractivity contribution in [1.82, 2.24) is 5.32 Å². The minimum atomic E-state index is -0.369. The third-order valence-electron chi connectivity index (χ3n) is 9.58. The molecule has 1 N–H and O–H groups in total. The van der Waals surface area contributed by atoms with Crippen molar-refractivity contribution in [1.29, 1.82) is 0 Å². The first kappa shape index (κ1) is 28.3. The van der Waals surface area contributed by atoms with E-state index in [1.54, 1.807) is 0 Å². The Kier molecular flexibility index (Phi) is 6.49. The number of hydrogen-bond acceptors (Lipinski definition) is 5. The van der Waals surface area contributed by atoms with Crippen LogP contribution in [-0.4, -0.2) is 11.7 Å². The van der Waals surface area contributed by atoms with Crippen LogP contribution < -0.4 is 5.32 Å². The summed E-state index contributed by atoms with van der Waals surface area (Å²) in [7, 11) is 0. The van der Waals surface area contributed by atoms with Crippen molar-refractivity contribution in [3.63, 3.8) is 0 Å². The molecule has 1 atom stereocenters. The standard InChI is InChI=1S/C45H29N3O2/c1-3-11-28(12-4-1)29-19-21-30(22-20-29)33-25-26-39-41(36-16-8-10-18-38(36)49-39)42(33)45-47-43(31-13-5-2-6-14-31)46-44(48-45)32-23-24-35-34-15-7-9-17-37(34)50-40(35)27-32/h1-27,43H,(H,46,47,48). The van der Waals surface area contributed by atoms with Crippen LogP contribution in [0.1, 0.15) is 22.9 Å². The van der Waals surface area contributed by atoms with Crippen LogP contribution in [0.5, 0.6) is 0 Å². The first-order valence-electron chi connectivity index (χ1n) is 16.8. The van der Waals surface area contributed by atoms with Crippen LogP contribution in [0.2, 0.25) is 0 Å². The largest absolute Gasteiger partial charge is 0.456 e. The van der Waals surface area contributed by atoms with Crippen LogP contribution in [0, 0.1) is 0 Å². The molecule has 7 aromatic carbocycles. The average Bonchev–Trinajstić information content (AvgIpc) is 3.76. The van der Waals surface area contributed by atoms with E-state index in [1.807, 2.05) is 54.6 Å². The molecule has 1 aliphatic rings. The van der Waals surface area contributed by atoms with Gasteiger partial charge in [-0.1, -0.05) is 127 Å². The molecule has 0 saturated heterocycles. The quantitative estimate of drug-likeness (QED) is 0.203. The van der Waals surface area contributed by atoms with Crippen LogP contribution in [0.4, 0.5) is 0 Å². The summed E-state index contributed by atoms with van der Waals surface area (Å²) in [5, 5.41) is 7.84. The summed E-state index contributed by atoms with van der Waals surface area (Å²) in [6.07, 6.45) is -0.369. The van der Waals surface area contributed by atoms with E-state index in [1.165, 1.54) is 5.56 Å². The Morgan fingerprint density at radius 2 is 1.06 bits per heavy atom. The summed E-state index contributed by atoms with van der Waals surface area (Å²) >= 11 is 0. The first-order chi connectivity index (χ1) is 24.8. The molecule has 0 spiro atoms. The third-order valence-corrected chi connectivity index (χ3v) is 9.58. The molecule has 0 radical (unpaired) electrons. The zero-order valence-electron chi connectivity index (χ0n) is 26.9. The maximum atomic E-state index is 6.42. The van der Waals surface area contributed by atoms with Gasteiger partial charge in [-0.3, -0.25) is 0 Å². The molecular formula is C45H29N3O2. The van der Waals surface area contributed by atoms with E-state index in [2.05, 4.69) is 115 Å². The van der Waals surface area contributed by atoms with Crippen LogP contribution >= 0.6 is 0 Å². The van der Waals surface area contributed by atoms with Gasteiger partial charge in [0.05, 0.1) is 0 Å². The van der Waals surface area contributed by atoms with Gasteiger partial charge in [-0.2, -0.15) is 0 Å². The van der Waals surface area contributed by atoms with Crippen LogP contribution in [0.3, 0.4) is 0 Å². The Bertz CT molecular complexity index is 2770.